The summed E-state index contributed by atoms with van der Waals surface area (Å²) in [7, 11) is 1.50. The molecule has 1 amide bonds. The van der Waals surface area contributed by atoms with Gasteiger partial charge in [0.15, 0.2) is 0 Å². The number of methoxy groups -OCH3 is 1. The predicted molar refractivity (Wildman–Crippen MR) is 137 cm³/mol. The molecule has 11 nitrogen and oxygen atoms in total. The van der Waals surface area contributed by atoms with Gasteiger partial charge in [-0.3, -0.25) is 4.79 Å². The van der Waals surface area contributed by atoms with Crippen LogP contribution in [0.3, 0.4) is 0 Å². The molecule has 1 fully saturated rings. The van der Waals surface area contributed by atoms with Gasteiger partial charge in [-0.15, -0.1) is 5.10 Å². The minimum absolute atomic E-state index is 0.0372. The van der Waals surface area contributed by atoms with E-state index in [4.69, 9.17) is 13.6 Å². The Hall–Kier alpha value is -4.58. The molecule has 2 N–H and O–H groups in total. The van der Waals surface area contributed by atoms with E-state index in [-0.39, 0.29) is 53.8 Å². The molecule has 194 valence electrons. The van der Waals surface area contributed by atoms with Gasteiger partial charge in [0.1, 0.15) is 35.2 Å². The Morgan fingerprint density at radius 2 is 2.08 bits per heavy atom. The molecule has 1 saturated carbocycles. The molecule has 2 aliphatic rings. The summed E-state index contributed by atoms with van der Waals surface area (Å²) in [6.07, 6.45) is 4.83. The standard InChI is InChI=1S/C26H25FN8O3/c1-28-25(36)17-11-29-24-10-19(17)31-20-9-15(3-7-22(20)37-2)12-38-13-21-18(27)6-8-23(32-21)35(24)26-30-14-34(33-26)16-4-5-16/h3,6-11,14,16,31H,4-5,12-13H2,1-2H3,(H,28,36)/i1D3. The largest absolute Gasteiger partial charge is 0.495 e. The molecule has 4 heterocycles. The van der Waals surface area contributed by atoms with Crippen molar-refractivity contribution in [3.05, 3.63) is 71.6 Å². The van der Waals surface area contributed by atoms with E-state index in [1.165, 1.54) is 30.3 Å². The summed E-state index contributed by atoms with van der Waals surface area (Å²) in [5, 5.41) is 9.81. The van der Waals surface area contributed by atoms with Crippen LogP contribution in [0.4, 0.5) is 33.3 Å². The summed E-state index contributed by atoms with van der Waals surface area (Å²) >= 11 is 0. The normalized spacial score (nSPS) is 16.4. The van der Waals surface area contributed by atoms with E-state index in [0.717, 1.165) is 18.4 Å². The number of aromatic nitrogens is 5. The summed E-state index contributed by atoms with van der Waals surface area (Å²) in [6.45, 7) is -2.69. The van der Waals surface area contributed by atoms with Crippen molar-refractivity contribution in [3.63, 3.8) is 0 Å². The van der Waals surface area contributed by atoms with Crippen molar-refractivity contribution in [1.82, 2.24) is 30.0 Å². The summed E-state index contributed by atoms with van der Waals surface area (Å²) in [5.74, 6) is -0.209. The predicted octanol–water partition coefficient (Wildman–Crippen LogP) is 4.15. The molecule has 0 atom stereocenters. The molecular weight excluding hydrogens is 491 g/mol. The van der Waals surface area contributed by atoms with Crippen LogP contribution in [0.1, 0.15) is 44.6 Å². The van der Waals surface area contributed by atoms with Crippen molar-refractivity contribution < 1.29 is 22.8 Å². The first-order valence-corrected chi connectivity index (χ1v) is 11.9. The van der Waals surface area contributed by atoms with Gasteiger partial charge in [0, 0.05) is 23.4 Å². The zero-order valence-corrected chi connectivity index (χ0v) is 20.3. The van der Waals surface area contributed by atoms with Crippen LogP contribution in [-0.2, 0) is 18.0 Å². The molecule has 1 aliphatic carbocycles. The topological polar surface area (TPSA) is 119 Å². The summed E-state index contributed by atoms with van der Waals surface area (Å²) < 4.78 is 50.4. The Bertz CT molecular complexity index is 1630. The number of amides is 1. The Kier molecular flexibility index (Phi) is 5.23. The van der Waals surface area contributed by atoms with E-state index in [2.05, 4.69) is 25.4 Å². The van der Waals surface area contributed by atoms with Gasteiger partial charge in [-0.25, -0.2) is 23.9 Å². The number of benzene rings is 1. The maximum atomic E-state index is 14.8. The molecule has 0 spiro atoms. The number of carbonyl (C=O) groups is 1. The molecule has 0 saturated heterocycles. The second-order valence-corrected chi connectivity index (χ2v) is 8.88. The number of hydrogen-bond acceptors (Lipinski definition) is 9. The maximum Gasteiger partial charge on any atom is 0.256 e. The summed E-state index contributed by atoms with van der Waals surface area (Å²) in [4.78, 5) is 28.0. The van der Waals surface area contributed by atoms with E-state index in [9.17, 15) is 9.18 Å². The third-order valence-corrected chi connectivity index (χ3v) is 6.27. The van der Waals surface area contributed by atoms with Crippen LogP contribution in [0.15, 0.2) is 48.9 Å². The quantitative estimate of drug-likeness (QED) is 0.410. The number of rotatable bonds is 4. The Morgan fingerprint density at radius 3 is 2.89 bits per heavy atom. The molecule has 0 unspecified atom stereocenters. The highest BCUT2D eigenvalue weighted by Gasteiger charge is 2.28. The van der Waals surface area contributed by atoms with Crippen LogP contribution < -0.4 is 20.3 Å². The molecule has 6 rings (SSSR count). The van der Waals surface area contributed by atoms with Gasteiger partial charge < -0.3 is 20.1 Å². The maximum absolute atomic E-state index is 14.8. The number of nitrogens with one attached hydrogen (secondary N) is 2. The summed E-state index contributed by atoms with van der Waals surface area (Å²) in [6, 6.07) is 9.81. The van der Waals surface area contributed by atoms with Crippen molar-refractivity contribution >= 4 is 34.9 Å². The van der Waals surface area contributed by atoms with Crippen LogP contribution in [0, 0.1) is 5.82 Å². The first-order chi connectivity index (χ1) is 19.7. The van der Waals surface area contributed by atoms with Crippen molar-refractivity contribution in [2.24, 2.45) is 0 Å². The van der Waals surface area contributed by atoms with Crippen LogP contribution in [-0.4, -0.2) is 44.7 Å². The zero-order valence-electron chi connectivity index (χ0n) is 23.3. The highest BCUT2D eigenvalue weighted by molar-refractivity contribution is 6.00. The van der Waals surface area contributed by atoms with E-state index in [1.54, 1.807) is 35.3 Å². The number of nitrogens with zero attached hydrogens (tertiary/aromatic N) is 6. The smallest absolute Gasteiger partial charge is 0.256 e. The number of carbonyl (C=O) groups excluding carboxylic acids is 1. The lowest BCUT2D eigenvalue weighted by Crippen LogP contribution is -2.21. The van der Waals surface area contributed by atoms with Crippen molar-refractivity contribution in [2.75, 3.05) is 24.3 Å². The molecule has 3 aromatic heterocycles. The van der Waals surface area contributed by atoms with Crippen LogP contribution in [0.2, 0.25) is 0 Å². The Morgan fingerprint density at radius 1 is 1.18 bits per heavy atom. The summed E-state index contributed by atoms with van der Waals surface area (Å²) in [5.41, 5.74) is 1.48. The lowest BCUT2D eigenvalue weighted by Gasteiger charge is -2.22. The van der Waals surface area contributed by atoms with Crippen LogP contribution in [0.25, 0.3) is 0 Å². The molecule has 4 aromatic rings. The molecule has 6 bridgehead atoms. The lowest BCUT2D eigenvalue weighted by atomic mass is 10.1. The van der Waals surface area contributed by atoms with E-state index in [1.807, 2.05) is 5.32 Å². The molecular formula is C26H25FN8O3. The molecule has 38 heavy (non-hydrogen) atoms. The minimum atomic E-state index is -2.72. The molecule has 1 aliphatic heterocycles. The first kappa shape index (κ1) is 20.5. The van der Waals surface area contributed by atoms with Gasteiger partial charge in [0.25, 0.3) is 11.9 Å². The third-order valence-electron chi connectivity index (χ3n) is 6.27. The number of pyridine rings is 2. The minimum Gasteiger partial charge on any atom is -0.495 e. The molecule has 0 radical (unpaired) electrons. The number of anilines is 5. The van der Waals surface area contributed by atoms with Crippen molar-refractivity contribution in [3.8, 4) is 5.75 Å². The number of hydrogen-bond donors (Lipinski definition) is 2. The average molecular weight is 520 g/mol. The zero-order chi connectivity index (χ0) is 28.7. The second-order valence-electron chi connectivity index (χ2n) is 8.88. The highest BCUT2D eigenvalue weighted by Crippen LogP contribution is 2.38. The Labute approximate surface area is 221 Å². The van der Waals surface area contributed by atoms with Crippen LogP contribution in [0.5, 0.6) is 5.75 Å². The van der Waals surface area contributed by atoms with E-state index < -0.39 is 18.7 Å². The van der Waals surface area contributed by atoms with Crippen molar-refractivity contribution in [1.29, 1.82) is 0 Å². The van der Waals surface area contributed by atoms with Gasteiger partial charge in [-0.05, 0) is 42.7 Å². The highest BCUT2D eigenvalue weighted by atomic mass is 19.1. The number of halogens is 1. The number of fused-ring (bicyclic) bond motifs is 6. The SMILES string of the molecule is [2H]C([2H])([2H])NC(=O)c1cnc2cc1Nc1cc(ccc1OC)COCc1nc(ccc1F)N2c1ncn(C2CC2)n1. The fraction of sp³-hybridized carbons (Fsp3) is 0.269. The van der Waals surface area contributed by atoms with Crippen molar-refractivity contribution in [2.45, 2.75) is 32.1 Å². The fourth-order valence-corrected chi connectivity index (χ4v) is 4.18. The fourth-order valence-electron chi connectivity index (χ4n) is 4.18. The van der Waals surface area contributed by atoms with Gasteiger partial charge in [0.2, 0.25) is 0 Å². The lowest BCUT2D eigenvalue weighted by molar-refractivity contribution is 0.0963. The molecule has 12 heteroatoms. The van der Waals surface area contributed by atoms with Gasteiger partial charge in [-0.2, -0.15) is 4.98 Å². The van der Waals surface area contributed by atoms with Gasteiger partial charge in [-0.1, -0.05) is 6.07 Å². The van der Waals surface area contributed by atoms with E-state index >= 15 is 0 Å². The first-order valence-electron chi connectivity index (χ1n) is 13.4. The third kappa shape index (κ3) is 4.50. The number of ether oxygens (including phenoxy) is 2. The molecule has 1 aromatic carbocycles. The van der Waals surface area contributed by atoms with Gasteiger partial charge in [0.05, 0.1) is 43.3 Å². The Balaban J connectivity index is 1.55. The van der Waals surface area contributed by atoms with E-state index in [0.29, 0.717) is 11.4 Å². The monoisotopic (exact) mass is 519 g/mol. The average Bonchev–Trinajstić information content (AvgIpc) is 3.67. The second kappa shape index (κ2) is 9.71. The van der Waals surface area contributed by atoms with Crippen LogP contribution >= 0.6 is 0 Å². The van der Waals surface area contributed by atoms with Gasteiger partial charge >= 0.3 is 0 Å².